The molecule has 0 aromatic rings. The van der Waals surface area contributed by atoms with E-state index >= 15 is 0 Å². The van der Waals surface area contributed by atoms with E-state index in [0.29, 0.717) is 11.5 Å². The van der Waals surface area contributed by atoms with E-state index in [1.54, 1.807) is 36.7 Å². The van der Waals surface area contributed by atoms with Crippen LogP contribution in [0.5, 0.6) is 0 Å². The lowest BCUT2D eigenvalue weighted by Gasteiger charge is -2.15. The summed E-state index contributed by atoms with van der Waals surface area (Å²) in [5.41, 5.74) is 1.43. The quantitative estimate of drug-likeness (QED) is 0.381. The largest absolute Gasteiger partial charge is 0.361 e. The third kappa shape index (κ3) is 6.56. The molecule has 0 radical (unpaired) electrons. The molecule has 0 aromatic heterocycles. The molecule has 6 heteroatoms. The minimum absolute atomic E-state index is 0.524. The normalized spacial score (nSPS) is 15.7. The topological polar surface area (TPSA) is 78.6 Å². The van der Waals surface area contributed by atoms with Crippen molar-refractivity contribution in [1.29, 1.82) is 10.8 Å². The molecule has 1 rings (SSSR count). The van der Waals surface area contributed by atoms with Gasteiger partial charge in [0.2, 0.25) is 0 Å². The summed E-state index contributed by atoms with van der Waals surface area (Å²) in [6, 6.07) is 0. The van der Waals surface area contributed by atoms with Crippen LogP contribution in [0.1, 0.15) is 19.8 Å². The van der Waals surface area contributed by atoms with Gasteiger partial charge in [0, 0.05) is 38.8 Å². The zero-order valence-corrected chi connectivity index (χ0v) is 12.8. The molecule has 0 bridgehead atoms. The fourth-order valence-corrected chi connectivity index (χ4v) is 1.73. The standard InChI is InChI=1S/C15H24N6/c1-13(10-16)11-18-14(2)12-19-20(3)9-6-15(17)21-7-4-5-8-21/h6,9-12,16-18H,2,4-5,7-8H2,1,3H3/b9-6-,13-11-,16-10?,17-15?,19-12-. The highest BCUT2D eigenvalue weighted by Crippen LogP contribution is 2.08. The van der Waals surface area contributed by atoms with Crippen LogP contribution in [0.3, 0.4) is 0 Å². The molecule has 21 heavy (non-hydrogen) atoms. The van der Waals surface area contributed by atoms with Crippen LogP contribution in [-0.4, -0.2) is 48.3 Å². The van der Waals surface area contributed by atoms with Crippen LogP contribution < -0.4 is 5.32 Å². The van der Waals surface area contributed by atoms with Gasteiger partial charge in [-0.25, -0.2) is 0 Å². The third-order valence-electron chi connectivity index (χ3n) is 3.00. The van der Waals surface area contributed by atoms with Crippen LogP contribution in [0.4, 0.5) is 0 Å². The molecule has 1 aliphatic heterocycles. The predicted molar refractivity (Wildman–Crippen MR) is 88.7 cm³/mol. The maximum Gasteiger partial charge on any atom is 0.122 e. The Morgan fingerprint density at radius 3 is 2.67 bits per heavy atom. The molecule has 0 unspecified atom stereocenters. The van der Waals surface area contributed by atoms with Crippen LogP contribution >= 0.6 is 0 Å². The molecule has 3 N–H and O–H groups in total. The Labute approximate surface area is 126 Å². The highest BCUT2D eigenvalue weighted by molar-refractivity contribution is 5.90. The van der Waals surface area contributed by atoms with Crippen molar-refractivity contribution in [2.45, 2.75) is 19.8 Å². The van der Waals surface area contributed by atoms with E-state index in [-0.39, 0.29) is 0 Å². The molecule has 6 nitrogen and oxygen atoms in total. The highest BCUT2D eigenvalue weighted by Gasteiger charge is 2.12. The second-order valence-electron chi connectivity index (χ2n) is 4.92. The van der Waals surface area contributed by atoms with Gasteiger partial charge in [-0.15, -0.1) is 0 Å². The molecule has 0 aliphatic carbocycles. The van der Waals surface area contributed by atoms with Gasteiger partial charge in [-0.1, -0.05) is 6.58 Å². The van der Waals surface area contributed by atoms with Gasteiger partial charge in [0.15, 0.2) is 0 Å². The summed E-state index contributed by atoms with van der Waals surface area (Å²) in [6.45, 7) is 7.57. The molecule has 1 saturated heterocycles. The SMILES string of the molecule is C=C(/C=N\N(C)/C=C\C(=N)N1CCCC1)N/C=C(/C)C=N. The predicted octanol–water partition coefficient (Wildman–Crippen LogP) is 2.15. The number of hydrazone groups is 1. The smallest absolute Gasteiger partial charge is 0.122 e. The van der Waals surface area contributed by atoms with Gasteiger partial charge < -0.3 is 15.6 Å². The molecule has 0 spiro atoms. The summed E-state index contributed by atoms with van der Waals surface area (Å²) in [7, 11) is 1.80. The maximum absolute atomic E-state index is 7.93. The Bertz CT molecular complexity index is 469. The zero-order chi connectivity index (χ0) is 15.7. The van der Waals surface area contributed by atoms with Crippen molar-refractivity contribution >= 4 is 18.3 Å². The molecule has 0 aromatic carbocycles. The molecule has 1 fully saturated rings. The molecule has 0 saturated carbocycles. The summed E-state index contributed by atoms with van der Waals surface area (Å²) < 4.78 is 0. The van der Waals surface area contributed by atoms with Crippen molar-refractivity contribution in [2.75, 3.05) is 20.1 Å². The van der Waals surface area contributed by atoms with E-state index in [1.807, 2.05) is 6.92 Å². The van der Waals surface area contributed by atoms with Crippen LogP contribution in [-0.2, 0) is 0 Å². The fraction of sp³-hybridized carbons (Fsp3) is 0.400. The summed E-state index contributed by atoms with van der Waals surface area (Å²) >= 11 is 0. The number of nitrogens with one attached hydrogen (secondary N) is 3. The lowest BCUT2D eigenvalue weighted by Crippen LogP contribution is -2.25. The van der Waals surface area contributed by atoms with Crippen molar-refractivity contribution in [3.8, 4) is 0 Å². The van der Waals surface area contributed by atoms with Crippen LogP contribution in [0, 0.1) is 10.8 Å². The van der Waals surface area contributed by atoms with E-state index in [0.717, 1.165) is 18.7 Å². The Kier molecular flexibility index (Phi) is 6.94. The number of rotatable bonds is 7. The first-order valence-corrected chi connectivity index (χ1v) is 6.94. The van der Waals surface area contributed by atoms with Gasteiger partial charge in [-0.05, 0) is 31.4 Å². The molecule has 1 heterocycles. The maximum atomic E-state index is 7.93. The van der Waals surface area contributed by atoms with Crippen molar-refractivity contribution in [3.05, 3.63) is 36.3 Å². The second kappa shape index (κ2) is 8.73. The monoisotopic (exact) mass is 288 g/mol. The molecule has 114 valence electrons. The first-order chi connectivity index (χ1) is 10.0. The first-order valence-electron chi connectivity index (χ1n) is 6.94. The van der Waals surface area contributed by atoms with Crippen molar-refractivity contribution in [3.63, 3.8) is 0 Å². The van der Waals surface area contributed by atoms with Crippen LogP contribution in [0.25, 0.3) is 0 Å². The minimum Gasteiger partial charge on any atom is -0.361 e. The van der Waals surface area contributed by atoms with E-state index in [9.17, 15) is 0 Å². The molecular weight excluding hydrogens is 264 g/mol. The van der Waals surface area contributed by atoms with Gasteiger partial charge in [-0.2, -0.15) is 5.10 Å². The lowest BCUT2D eigenvalue weighted by molar-refractivity contribution is 0.488. The molecule has 0 atom stereocenters. The average Bonchev–Trinajstić information content (AvgIpc) is 3.02. The van der Waals surface area contributed by atoms with Crippen molar-refractivity contribution in [1.82, 2.24) is 15.2 Å². The van der Waals surface area contributed by atoms with Crippen molar-refractivity contribution in [2.24, 2.45) is 5.10 Å². The average molecular weight is 288 g/mol. The summed E-state index contributed by atoms with van der Waals surface area (Å²) in [4.78, 5) is 2.06. The number of likely N-dealkylation sites (tertiary alicyclic amines) is 1. The fourth-order valence-electron chi connectivity index (χ4n) is 1.73. The number of nitrogens with zero attached hydrogens (tertiary/aromatic N) is 3. The molecule has 0 amide bonds. The van der Waals surface area contributed by atoms with E-state index in [1.165, 1.54) is 19.1 Å². The molecular formula is C15H24N6. The Morgan fingerprint density at radius 2 is 2.05 bits per heavy atom. The highest BCUT2D eigenvalue weighted by atomic mass is 15.4. The summed E-state index contributed by atoms with van der Waals surface area (Å²) in [5.74, 6) is 0.524. The van der Waals surface area contributed by atoms with Gasteiger partial charge in [0.05, 0.1) is 11.9 Å². The Morgan fingerprint density at radius 1 is 1.38 bits per heavy atom. The number of allylic oxidation sites excluding steroid dienone is 2. The Balaban J connectivity index is 2.39. The van der Waals surface area contributed by atoms with E-state index in [4.69, 9.17) is 10.8 Å². The second-order valence-corrected chi connectivity index (χ2v) is 4.92. The summed E-state index contributed by atoms with van der Waals surface area (Å²) in [5, 5.41) is 23.7. The third-order valence-corrected chi connectivity index (χ3v) is 3.00. The lowest BCUT2D eigenvalue weighted by atomic mass is 10.3. The molecule has 1 aliphatic rings. The van der Waals surface area contributed by atoms with Gasteiger partial charge in [0.1, 0.15) is 5.84 Å². The van der Waals surface area contributed by atoms with Gasteiger partial charge >= 0.3 is 0 Å². The van der Waals surface area contributed by atoms with Gasteiger partial charge in [0.25, 0.3) is 0 Å². The van der Waals surface area contributed by atoms with Crippen LogP contribution in [0.2, 0.25) is 0 Å². The Hall–Kier alpha value is -2.37. The zero-order valence-electron chi connectivity index (χ0n) is 12.8. The first kappa shape index (κ1) is 16.7. The van der Waals surface area contributed by atoms with Crippen LogP contribution in [0.15, 0.2) is 41.4 Å². The number of hydrogen-bond donors (Lipinski definition) is 3. The number of amidine groups is 1. The van der Waals surface area contributed by atoms with E-state index < -0.39 is 0 Å². The van der Waals surface area contributed by atoms with Crippen molar-refractivity contribution < 1.29 is 0 Å². The minimum atomic E-state index is 0.524. The van der Waals surface area contributed by atoms with Gasteiger partial charge in [-0.3, -0.25) is 10.4 Å². The summed E-state index contributed by atoms with van der Waals surface area (Å²) in [6.07, 6.45) is 10.4. The van der Waals surface area contributed by atoms with E-state index in [2.05, 4.69) is 21.9 Å². The number of hydrogen-bond acceptors (Lipinski definition) is 5.